The van der Waals surface area contributed by atoms with E-state index in [2.05, 4.69) is 6.92 Å². The summed E-state index contributed by atoms with van der Waals surface area (Å²) in [6, 6.07) is 12.6. The van der Waals surface area contributed by atoms with Crippen molar-refractivity contribution in [1.29, 1.82) is 0 Å². The molecule has 0 saturated carbocycles. The number of aryl methyl sites for hydroxylation is 1. The summed E-state index contributed by atoms with van der Waals surface area (Å²) in [7, 11) is 1.77. The third-order valence-electron chi connectivity index (χ3n) is 5.89. The average molecular weight is 508 g/mol. The second-order valence-electron chi connectivity index (χ2n) is 9.05. The number of rotatable bonds is 15. The van der Waals surface area contributed by atoms with Crippen molar-refractivity contribution in [3.63, 3.8) is 0 Å². The minimum atomic E-state index is -4.34. The Kier molecular flexibility index (Phi) is 11.8. The highest BCUT2D eigenvalue weighted by Gasteiger charge is 2.27. The monoisotopic (exact) mass is 507 g/mol. The number of nitrogens with zero attached hydrogens (tertiary/aromatic N) is 1. The Bertz CT molecular complexity index is 991. The van der Waals surface area contributed by atoms with E-state index in [-0.39, 0.29) is 24.5 Å². The maximum atomic E-state index is 12.7. The number of hydrogen-bond donors (Lipinski definition) is 1. The molecule has 36 heavy (non-hydrogen) atoms. The third-order valence-corrected chi connectivity index (χ3v) is 5.89. The van der Waals surface area contributed by atoms with Crippen LogP contribution in [0.3, 0.4) is 0 Å². The van der Waals surface area contributed by atoms with Crippen LogP contribution in [0.25, 0.3) is 11.1 Å². The van der Waals surface area contributed by atoms with Gasteiger partial charge in [-0.2, -0.15) is 13.2 Å². The van der Waals surface area contributed by atoms with E-state index < -0.39 is 25.2 Å². The van der Waals surface area contributed by atoms with Gasteiger partial charge in [-0.1, -0.05) is 62.9 Å². The Morgan fingerprint density at radius 1 is 0.972 bits per heavy atom. The molecule has 198 valence electrons. The minimum Gasteiger partial charge on any atom is -0.493 e. The van der Waals surface area contributed by atoms with E-state index in [0.717, 1.165) is 36.8 Å². The largest absolute Gasteiger partial charge is 0.493 e. The minimum absolute atomic E-state index is 0.0795. The summed E-state index contributed by atoms with van der Waals surface area (Å²) in [5, 5.41) is 8.95. The second kappa shape index (κ2) is 14.5. The molecule has 2 aromatic rings. The first-order valence-electron chi connectivity index (χ1n) is 12.5. The van der Waals surface area contributed by atoms with Gasteiger partial charge in [0.1, 0.15) is 5.75 Å². The van der Waals surface area contributed by atoms with Crippen molar-refractivity contribution in [1.82, 2.24) is 4.90 Å². The van der Waals surface area contributed by atoms with Gasteiger partial charge >= 0.3 is 12.1 Å². The van der Waals surface area contributed by atoms with E-state index in [1.807, 2.05) is 24.3 Å². The van der Waals surface area contributed by atoms with E-state index in [0.29, 0.717) is 24.1 Å². The number of amides is 1. The molecule has 0 atom stereocenters. The molecule has 1 amide bonds. The molecule has 0 unspecified atom stereocenters. The predicted molar refractivity (Wildman–Crippen MR) is 134 cm³/mol. The molecule has 0 aliphatic heterocycles. The van der Waals surface area contributed by atoms with Gasteiger partial charge in [0, 0.05) is 32.0 Å². The first-order valence-corrected chi connectivity index (χ1v) is 12.5. The van der Waals surface area contributed by atoms with Crippen molar-refractivity contribution < 1.29 is 32.6 Å². The first-order chi connectivity index (χ1) is 17.1. The molecule has 8 heteroatoms. The summed E-state index contributed by atoms with van der Waals surface area (Å²) < 4.78 is 43.5. The summed E-state index contributed by atoms with van der Waals surface area (Å²) in [5.41, 5.74) is 2.93. The van der Waals surface area contributed by atoms with Gasteiger partial charge in [0.15, 0.2) is 0 Å². The lowest BCUT2D eigenvalue weighted by Gasteiger charge is -2.19. The lowest BCUT2D eigenvalue weighted by Crippen LogP contribution is -2.25. The van der Waals surface area contributed by atoms with Gasteiger partial charge in [0.05, 0.1) is 13.0 Å². The normalized spacial score (nSPS) is 11.4. The fraction of sp³-hybridized carbons (Fsp3) is 0.500. The van der Waals surface area contributed by atoms with Gasteiger partial charge in [-0.3, -0.25) is 9.59 Å². The zero-order valence-electron chi connectivity index (χ0n) is 21.1. The van der Waals surface area contributed by atoms with Crippen LogP contribution in [0.1, 0.15) is 69.4 Å². The molecule has 0 aliphatic rings. The number of carboxylic acid groups (broad SMARTS) is 1. The Balaban J connectivity index is 2.15. The van der Waals surface area contributed by atoms with Gasteiger partial charge in [-0.05, 0) is 41.7 Å². The number of halogens is 3. The molecule has 2 rings (SSSR count). The van der Waals surface area contributed by atoms with Crippen molar-refractivity contribution in [3.05, 3.63) is 53.6 Å². The van der Waals surface area contributed by atoms with Crippen LogP contribution in [-0.2, 0) is 22.6 Å². The number of aliphatic carboxylic acids is 1. The molecule has 0 radical (unpaired) electrons. The molecule has 0 aliphatic carbocycles. The highest BCUT2D eigenvalue weighted by molar-refractivity contribution is 5.76. The molecule has 5 nitrogen and oxygen atoms in total. The molecule has 0 bridgehead atoms. The number of benzene rings is 2. The number of unbranched alkanes of at least 4 members (excludes halogenated alkanes) is 4. The number of hydrogen-bond acceptors (Lipinski definition) is 3. The fourth-order valence-corrected chi connectivity index (χ4v) is 3.88. The number of carbonyl (C=O) groups excluding carboxylic acids is 1. The van der Waals surface area contributed by atoms with Crippen molar-refractivity contribution in [2.24, 2.45) is 0 Å². The maximum absolute atomic E-state index is 12.7. The topological polar surface area (TPSA) is 66.8 Å². The SMILES string of the molecule is CCCCCCCC(=O)N(C)Cc1cccc(-c2ccc(CCC(=O)O)cc2OCCC(F)(F)F)c1. The molecule has 0 fully saturated rings. The van der Waals surface area contributed by atoms with Crippen LogP contribution in [0.15, 0.2) is 42.5 Å². The average Bonchev–Trinajstić information content (AvgIpc) is 2.82. The van der Waals surface area contributed by atoms with Gasteiger partial charge in [-0.25, -0.2) is 0 Å². The van der Waals surface area contributed by atoms with E-state index in [9.17, 15) is 22.8 Å². The summed E-state index contributed by atoms with van der Waals surface area (Å²) >= 11 is 0. The third kappa shape index (κ3) is 10.7. The highest BCUT2D eigenvalue weighted by atomic mass is 19.4. The Morgan fingerprint density at radius 3 is 2.42 bits per heavy atom. The molecule has 0 saturated heterocycles. The smallest absolute Gasteiger partial charge is 0.392 e. The maximum Gasteiger partial charge on any atom is 0.392 e. The summed E-state index contributed by atoms with van der Waals surface area (Å²) in [4.78, 5) is 25.1. The molecular formula is C28H36F3NO4. The number of alkyl halides is 3. The molecular weight excluding hydrogens is 471 g/mol. The summed E-state index contributed by atoms with van der Waals surface area (Å²) in [5.74, 6) is -0.599. The molecule has 0 aromatic heterocycles. The van der Waals surface area contributed by atoms with Crippen molar-refractivity contribution in [2.45, 2.75) is 77.4 Å². The molecule has 1 N–H and O–H groups in total. The van der Waals surface area contributed by atoms with Crippen LogP contribution in [0, 0.1) is 0 Å². The predicted octanol–water partition coefficient (Wildman–Crippen LogP) is 7.02. The van der Waals surface area contributed by atoms with Gasteiger partial charge in [0.25, 0.3) is 0 Å². The number of carbonyl (C=O) groups is 2. The van der Waals surface area contributed by atoms with Crippen LogP contribution < -0.4 is 4.74 Å². The summed E-state index contributed by atoms with van der Waals surface area (Å²) in [6.45, 7) is 2.04. The van der Waals surface area contributed by atoms with Crippen LogP contribution in [0.4, 0.5) is 13.2 Å². The van der Waals surface area contributed by atoms with Crippen LogP contribution >= 0.6 is 0 Å². The molecule has 0 spiro atoms. The van der Waals surface area contributed by atoms with Gasteiger partial charge < -0.3 is 14.7 Å². The second-order valence-corrected chi connectivity index (χ2v) is 9.05. The van der Waals surface area contributed by atoms with Crippen molar-refractivity contribution in [3.8, 4) is 16.9 Å². The van der Waals surface area contributed by atoms with Crippen LogP contribution in [0.5, 0.6) is 5.75 Å². The lowest BCUT2D eigenvalue weighted by molar-refractivity contribution is -0.140. The fourth-order valence-electron chi connectivity index (χ4n) is 3.88. The zero-order valence-corrected chi connectivity index (χ0v) is 21.1. The van der Waals surface area contributed by atoms with E-state index in [4.69, 9.17) is 9.84 Å². The number of ether oxygens (including phenoxy) is 1. The van der Waals surface area contributed by atoms with Crippen LogP contribution in [-0.4, -0.2) is 41.7 Å². The molecule has 0 heterocycles. The standard InChI is InChI=1S/C28H36F3NO4/c1-3-4-5-6-7-11-26(33)32(2)20-22-9-8-10-23(18-22)24-14-12-21(13-15-27(34)35)19-25(24)36-17-16-28(29,30)31/h8-10,12,14,18-19H,3-7,11,13,15-17,20H2,1-2H3,(H,34,35). The quantitative estimate of drug-likeness (QED) is 0.263. The van der Waals surface area contributed by atoms with Gasteiger partial charge in [-0.15, -0.1) is 0 Å². The first kappa shape index (κ1) is 29.2. The van der Waals surface area contributed by atoms with Crippen molar-refractivity contribution in [2.75, 3.05) is 13.7 Å². The highest BCUT2D eigenvalue weighted by Crippen LogP contribution is 2.33. The lowest BCUT2D eigenvalue weighted by atomic mass is 9.99. The Hall–Kier alpha value is -3.03. The Morgan fingerprint density at radius 2 is 1.72 bits per heavy atom. The van der Waals surface area contributed by atoms with Crippen LogP contribution in [0.2, 0.25) is 0 Å². The van der Waals surface area contributed by atoms with E-state index in [1.54, 1.807) is 30.1 Å². The number of carboxylic acids is 1. The Labute approximate surface area is 211 Å². The van der Waals surface area contributed by atoms with Crippen molar-refractivity contribution >= 4 is 11.9 Å². The van der Waals surface area contributed by atoms with E-state index in [1.165, 1.54) is 6.42 Å². The summed E-state index contributed by atoms with van der Waals surface area (Å²) in [6.07, 6.45) is 0.632. The van der Waals surface area contributed by atoms with Gasteiger partial charge in [0.2, 0.25) is 5.91 Å². The van der Waals surface area contributed by atoms with E-state index >= 15 is 0 Å². The zero-order chi connectivity index (χ0) is 26.6. The molecule has 2 aromatic carbocycles.